The van der Waals surface area contributed by atoms with Crippen LogP contribution >= 0.6 is 0 Å². The molecule has 2 aliphatic heterocycles. The van der Waals surface area contributed by atoms with E-state index in [1.807, 2.05) is 12.1 Å². The van der Waals surface area contributed by atoms with E-state index < -0.39 is 11.7 Å². The molecular weight excluding hydrogens is 393 g/mol. The molecule has 2 aromatic rings. The van der Waals surface area contributed by atoms with Crippen LogP contribution in [0, 0.1) is 0 Å². The highest BCUT2D eigenvalue weighted by atomic mass is 19.4. The molecule has 2 saturated heterocycles. The van der Waals surface area contributed by atoms with Crippen LogP contribution in [0.4, 0.5) is 13.2 Å². The normalized spacial score (nSPS) is 25.2. The molecule has 0 aromatic heterocycles. The topological polar surface area (TPSA) is 41.6 Å². The molecule has 2 aromatic carbocycles. The average Bonchev–Trinajstić information content (AvgIpc) is 2.94. The Kier molecular flexibility index (Phi) is 5.73. The molecule has 0 aliphatic carbocycles. The standard InChI is InChI=1S/C23H25F3N2O2/c1-30-18-8-4-16(5-9-18)20-11-10-19(21-14-22(29)27-12-13-28(20)21)15-2-6-17(7-3-15)23(24,25)26/h2-9,19-21H,10-14H2,1H3,(H,27,29)/t19-,20+,21-/m0/s1. The average molecular weight is 418 g/mol. The summed E-state index contributed by atoms with van der Waals surface area (Å²) in [5, 5.41) is 2.94. The molecule has 2 fully saturated rings. The fourth-order valence-corrected chi connectivity index (χ4v) is 4.82. The van der Waals surface area contributed by atoms with Crippen molar-refractivity contribution in [3.63, 3.8) is 0 Å². The van der Waals surface area contributed by atoms with Crippen LogP contribution in [-0.2, 0) is 11.0 Å². The van der Waals surface area contributed by atoms with E-state index >= 15 is 0 Å². The molecule has 160 valence electrons. The van der Waals surface area contributed by atoms with Crippen LogP contribution in [0.1, 0.15) is 47.9 Å². The van der Waals surface area contributed by atoms with E-state index in [0.717, 1.165) is 36.3 Å². The lowest BCUT2D eigenvalue weighted by atomic mass is 9.78. The van der Waals surface area contributed by atoms with Gasteiger partial charge in [0, 0.05) is 37.5 Å². The third kappa shape index (κ3) is 4.17. The van der Waals surface area contributed by atoms with E-state index in [4.69, 9.17) is 4.74 Å². The lowest BCUT2D eigenvalue weighted by molar-refractivity contribution is -0.137. The van der Waals surface area contributed by atoms with Crippen LogP contribution in [0.25, 0.3) is 0 Å². The Morgan fingerprint density at radius 1 is 1.00 bits per heavy atom. The maximum absolute atomic E-state index is 13.0. The van der Waals surface area contributed by atoms with Gasteiger partial charge < -0.3 is 10.1 Å². The van der Waals surface area contributed by atoms with Crippen LogP contribution in [0.2, 0.25) is 0 Å². The van der Waals surface area contributed by atoms with Crippen molar-refractivity contribution in [1.29, 1.82) is 0 Å². The highest BCUT2D eigenvalue weighted by molar-refractivity contribution is 5.77. The molecule has 7 heteroatoms. The molecule has 2 aliphatic rings. The van der Waals surface area contributed by atoms with Crippen LogP contribution in [0.5, 0.6) is 5.75 Å². The van der Waals surface area contributed by atoms with Gasteiger partial charge in [-0.2, -0.15) is 13.2 Å². The second-order valence-corrected chi connectivity index (χ2v) is 7.95. The molecule has 1 N–H and O–H groups in total. The number of nitrogens with zero attached hydrogens (tertiary/aromatic N) is 1. The van der Waals surface area contributed by atoms with Crippen molar-refractivity contribution in [2.75, 3.05) is 20.2 Å². The molecule has 0 spiro atoms. The summed E-state index contributed by atoms with van der Waals surface area (Å²) < 4.78 is 44.1. The van der Waals surface area contributed by atoms with Gasteiger partial charge in [-0.3, -0.25) is 9.69 Å². The van der Waals surface area contributed by atoms with Gasteiger partial charge in [0.2, 0.25) is 5.91 Å². The zero-order valence-corrected chi connectivity index (χ0v) is 16.8. The maximum Gasteiger partial charge on any atom is 0.416 e. The molecule has 2 heterocycles. The molecular formula is C23H25F3N2O2. The Labute approximate surface area is 174 Å². The zero-order valence-electron chi connectivity index (χ0n) is 16.8. The Balaban J connectivity index is 1.63. The van der Waals surface area contributed by atoms with Gasteiger partial charge in [0.25, 0.3) is 0 Å². The number of fused-ring (bicyclic) bond motifs is 1. The molecule has 30 heavy (non-hydrogen) atoms. The fraction of sp³-hybridized carbons (Fsp3) is 0.435. The first-order valence-electron chi connectivity index (χ1n) is 10.2. The predicted octanol–water partition coefficient (Wildman–Crippen LogP) is 4.52. The second-order valence-electron chi connectivity index (χ2n) is 7.95. The monoisotopic (exact) mass is 418 g/mol. The first kappa shape index (κ1) is 20.7. The van der Waals surface area contributed by atoms with E-state index in [0.29, 0.717) is 19.5 Å². The number of rotatable bonds is 3. The van der Waals surface area contributed by atoms with Gasteiger partial charge in [0.05, 0.1) is 12.7 Å². The Morgan fingerprint density at radius 3 is 2.30 bits per heavy atom. The molecule has 0 radical (unpaired) electrons. The Morgan fingerprint density at radius 2 is 1.67 bits per heavy atom. The zero-order chi connectivity index (χ0) is 21.3. The summed E-state index contributed by atoms with van der Waals surface area (Å²) in [6.07, 6.45) is -2.31. The number of hydrogen-bond donors (Lipinski definition) is 1. The van der Waals surface area contributed by atoms with E-state index in [9.17, 15) is 18.0 Å². The summed E-state index contributed by atoms with van der Waals surface area (Å²) in [6.45, 7) is 1.28. The third-order valence-electron chi connectivity index (χ3n) is 6.30. The number of amides is 1. The van der Waals surface area contributed by atoms with Crippen LogP contribution < -0.4 is 10.1 Å². The van der Waals surface area contributed by atoms with Gasteiger partial charge >= 0.3 is 6.18 Å². The van der Waals surface area contributed by atoms with E-state index in [1.54, 1.807) is 19.2 Å². The van der Waals surface area contributed by atoms with Crippen molar-refractivity contribution < 1.29 is 22.7 Å². The lowest BCUT2D eigenvalue weighted by Crippen LogP contribution is -2.46. The quantitative estimate of drug-likeness (QED) is 0.797. The molecule has 0 unspecified atom stereocenters. The number of alkyl halides is 3. The van der Waals surface area contributed by atoms with Crippen molar-refractivity contribution in [2.45, 2.75) is 43.4 Å². The minimum atomic E-state index is -4.35. The second kappa shape index (κ2) is 8.30. The summed E-state index contributed by atoms with van der Waals surface area (Å²) in [7, 11) is 1.63. The minimum Gasteiger partial charge on any atom is -0.497 e. The summed E-state index contributed by atoms with van der Waals surface area (Å²) >= 11 is 0. The lowest BCUT2D eigenvalue weighted by Gasteiger charge is -2.46. The molecule has 4 rings (SSSR count). The van der Waals surface area contributed by atoms with Gasteiger partial charge in [-0.05, 0) is 48.2 Å². The van der Waals surface area contributed by atoms with E-state index in [2.05, 4.69) is 22.3 Å². The molecule has 0 bridgehead atoms. The van der Waals surface area contributed by atoms with Crippen molar-refractivity contribution in [1.82, 2.24) is 10.2 Å². The smallest absolute Gasteiger partial charge is 0.416 e. The Hall–Kier alpha value is -2.54. The number of carbonyl (C=O) groups excluding carboxylic acids is 1. The van der Waals surface area contributed by atoms with Crippen LogP contribution in [0.15, 0.2) is 48.5 Å². The summed E-state index contributed by atoms with van der Waals surface area (Å²) in [5.74, 6) is 0.807. The third-order valence-corrected chi connectivity index (χ3v) is 6.30. The van der Waals surface area contributed by atoms with Gasteiger partial charge in [-0.25, -0.2) is 0 Å². The first-order valence-corrected chi connectivity index (χ1v) is 10.2. The number of ether oxygens (including phenoxy) is 1. The van der Waals surface area contributed by atoms with Crippen molar-refractivity contribution in [3.8, 4) is 5.75 Å². The highest BCUT2D eigenvalue weighted by Crippen LogP contribution is 2.44. The van der Waals surface area contributed by atoms with Gasteiger partial charge in [0.1, 0.15) is 5.75 Å². The van der Waals surface area contributed by atoms with Gasteiger partial charge in [0.15, 0.2) is 0 Å². The number of hydrogen-bond acceptors (Lipinski definition) is 3. The van der Waals surface area contributed by atoms with Crippen LogP contribution in [0.3, 0.4) is 0 Å². The molecule has 1 amide bonds. The van der Waals surface area contributed by atoms with E-state index in [-0.39, 0.29) is 23.9 Å². The minimum absolute atomic E-state index is 0.00482. The van der Waals surface area contributed by atoms with Gasteiger partial charge in [-0.15, -0.1) is 0 Å². The van der Waals surface area contributed by atoms with Crippen molar-refractivity contribution >= 4 is 5.91 Å². The fourth-order valence-electron chi connectivity index (χ4n) is 4.82. The summed E-state index contributed by atoms with van der Waals surface area (Å²) in [6, 6.07) is 13.5. The number of piperidine rings is 1. The molecule has 4 nitrogen and oxygen atoms in total. The predicted molar refractivity (Wildman–Crippen MR) is 107 cm³/mol. The number of methoxy groups -OCH3 is 1. The molecule has 0 saturated carbocycles. The van der Waals surface area contributed by atoms with Gasteiger partial charge in [-0.1, -0.05) is 24.3 Å². The van der Waals surface area contributed by atoms with Crippen LogP contribution in [-0.4, -0.2) is 37.0 Å². The summed E-state index contributed by atoms with van der Waals surface area (Å²) in [4.78, 5) is 14.7. The molecule has 3 atom stereocenters. The van der Waals surface area contributed by atoms with E-state index in [1.165, 1.54) is 5.56 Å². The largest absolute Gasteiger partial charge is 0.497 e. The highest BCUT2D eigenvalue weighted by Gasteiger charge is 2.41. The summed E-state index contributed by atoms with van der Waals surface area (Å²) in [5.41, 5.74) is 1.38. The number of benzene rings is 2. The Bertz CT molecular complexity index is 881. The number of halogens is 3. The number of carbonyl (C=O) groups is 1. The first-order chi connectivity index (χ1) is 14.4. The SMILES string of the molecule is COc1ccc([C@H]2CC[C@@H](c3ccc(C(F)(F)F)cc3)[C@@H]3CC(=O)NCCN23)cc1. The number of nitrogens with one attached hydrogen (secondary N) is 1. The van der Waals surface area contributed by atoms with Crippen molar-refractivity contribution in [2.24, 2.45) is 0 Å². The van der Waals surface area contributed by atoms with Crippen molar-refractivity contribution in [3.05, 3.63) is 65.2 Å². The maximum atomic E-state index is 13.0.